The second-order valence-electron chi connectivity index (χ2n) is 2.56. The van der Waals surface area contributed by atoms with Crippen molar-refractivity contribution in [3.63, 3.8) is 0 Å². The highest BCUT2D eigenvalue weighted by atomic mass is 35.5. The normalized spacial score (nSPS) is 17.3. The van der Waals surface area contributed by atoms with Crippen LogP contribution in [0.5, 0.6) is 0 Å². The Labute approximate surface area is 62.0 Å². The first-order valence-corrected chi connectivity index (χ1v) is 3.98. The Morgan fingerprint density at radius 2 is 2.11 bits per heavy atom. The number of aliphatic hydroxyl groups excluding tert-OH is 1. The standard InChI is InChI=1S/C7H15ClO/c1-3-7(9)4-6(2)5-8/h6-7,9H,3-5H2,1-2H3. The summed E-state index contributed by atoms with van der Waals surface area (Å²) in [7, 11) is 0. The van der Waals surface area contributed by atoms with Crippen molar-refractivity contribution in [2.45, 2.75) is 32.8 Å². The van der Waals surface area contributed by atoms with Crippen LogP contribution in [0.15, 0.2) is 0 Å². The zero-order chi connectivity index (χ0) is 7.28. The monoisotopic (exact) mass is 150 g/mol. The summed E-state index contributed by atoms with van der Waals surface area (Å²) in [5.74, 6) is 1.10. The molecule has 0 saturated carbocycles. The van der Waals surface area contributed by atoms with Gasteiger partial charge in [-0.3, -0.25) is 0 Å². The molecule has 0 aliphatic heterocycles. The lowest BCUT2D eigenvalue weighted by molar-refractivity contribution is 0.145. The van der Waals surface area contributed by atoms with Crippen molar-refractivity contribution in [3.05, 3.63) is 0 Å². The molecule has 0 aromatic rings. The molecule has 0 heterocycles. The predicted molar refractivity (Wildman–Crippen MR) is 40.8 cm³/mol. The number of hydrogen-bond acceptors (Lipinski definition) is 1. The number of halogens is 1. The number of alkyl halides is 1. The van der Waals surface area contributed by atoms with Gasteiger partial charge in [0.25, 0.3) is 0 Å². The van der Waals surface area contributed by atoms with Crippen LogP contribution in [0, 0.1) is 5.92 Å². The number of aliphatic hydroxyl groups is 1. The van der Waals surface area contributed by atoms with Crippen molar-refractivity contribution in [1.29, 1.82) is 0 Å². The molecule has 2 heteroatoms. The molecule has 9 heavy (non-hydrogen) atoms. The van der Waals surface area contributed by atoms with Gasteiger partial charge in [0.1, 0.15) is 0 Å². The van der Waals surface area contributed by atoms with Gasteiger partial charge in [-0.2, -0.15) is 0 Å². The van der Waals surface area contributed by atoms with Crippen molar-refractivity contribution in [1.82, 2.24) is 0 Å². The molecule has 0 spiro atoms. The fourth-order valence-corrected chi connectivity index (χ4v) is 0.820. The molecule has 56 valence electrons. The molecule has 0 aromatic heterocycles. The van der Waals surface area contributed by atoms with Crippen molar-refractivity contribution >= 4 is 11.6 Å². The third-order valence-electron chi connectivity index (χ3n) is 1.41. The zero-order valence-corrected chi connectivity index (χ0v) is 6.86. The molecule has 0 rings (SSSR count). The van der Waals surface area contributed by atoms with Gasteiger partial charge < -0.3 is 5.11 Å². The highest BCUT2D eigenvalue weighted by molar-refractivity contribution is 6.18. The topological polar surface area (TPSA) is 20.2 Å². The van der Waals surface area contributed by atoms with E-state index in [1.54, 1.807) is 0 Å². The molecule has 0 fully saturated rings. The van der Waals surface area contributed by atoms with E-state index in [1.165, 1.54) is 0 Å². The zero-order valence-electron chi connectivity index (χ0n) is 6.10. The number of hydrogen-bond donors (Lipinski definition) is 1. The maximum atomic E-state index is 9.10. The largest absolute Gasteiger partial charge is 0.393 e. The van der Waals surface area contributed by atoms with Gasteiger partial charge in [0.2, 0.25) is 0 Å². The van der Waals surface area contributed by atoms with E-state index in [-0.39, 0.29) is 6.10 Å². The minimum atomic E-state index is -0.154. The van der Waals surface area contributed by atoms with Crippen LogP contribution in [0.4, 0.5) is 0 Å². The van der Waals surface area contributed by atoms with Crippen LogP contribution in [0.3, 0.4) is 0 Å². The van der Waals surface area contributed by atoms with E-state index in [0.29, 0.717) is 11.8 Å². The van der Waals surface area contributed by atoms with Crippen molar-refractivity contribution < 1.29 is 5.11 Å². The van der Waals surface area contributed by atoms with Crippen molar-refractivity contribution in [2.24, 2.45) is 5.92 Å². The minimum Gasteiger partial charge on any atom is -0.393 e. The average Bonchev–Trinajstić information content (AvgIpc) is 1.87. The van der Waals surface area contributed by atoms with Crippen LogP contribution < -0.4 is 0 Å². The van der Waals surface area contributed by atoms with Crippen LogP contribution in [-0.4, -0.2) is 17.1 Å². The average molecular weight is 151 g/mol. The van der Waals surface area contributed by atoms with Gasteiger partial charge >= 0.3 is 0 Å². The summed E-state index contributed by atoms with van der Waals surface area (Å²) < 4.78 is 0. The molecule has 0 aliphatic rings. The van der Waals surface area contributed by atoms with Gasteiger partial charge in [0.05, 0.1) is 6.10 Å². The lowest BCUT2D eigenvalue weighted by Gasteiger charge is -2.11. The maximum absolute atomic E-state index is 9.10. The molecule has 0 bridgehead atoms. The van der Waals surface area contributed by atoms with Gasteiger partial charge in [0.15, 0.2) is 0 Å². The van der Waals surface area contributed by atoms with E-state index in [2.05, 4.69) is 0 Å². The molecule has 0 radical (unpaired) electrons. The van der Waals surface area contributed by atoms with Gasteiger partial charge in [-0.15, -0.1) is 11.6 Å². The van der Waals surface area contributed by atoms with Crippen molar-refractivity contribution in [3.8, 4) is 0 Å². The van der Waals surface area contributed by atoms with E-state index < -0.39 is 0 Å². The molecular formula is C7H15ClO. The van der Waals surface area contributed by atoms with E-state index in [0.717, 1.165) is 12.8 Å². The Kier molecular flexibility index (Phi) is 5.21. The summed E-state index contributed by atoms with van der Waals surface area (Å²) in [6.45, 7) is 4.03. The lowest BCUT2D eigenvalue weighted by atomic mass is 10.0. The molecule has 2 atom stereocenters. The van der Waals surface area contributed by atoms with E-state index >= 15 is 0 Å². The van der Waals surface area contributed by atoms with Crippen LogP contribution in [0.2, 0.25) is 0 Å². The van der Waals surface area contributed by atoms with E-state index in [1.807, 2.05) is 13.8 Å². The molecule has 1 nitrogen and oxygen atoms in total. The molecule has 0 amide bonds. The Bertz CT molecular complexity index is 57.9. The summed E-state index contributed by atoms with van der Waals surface area (Å²) in [6, 6.07) is 0. The molecule has 0 aliphatic carbocycles. The molecule has 0 aromatic carbocycles. The van der Waals surface area contributed by atoms with E-state index in [4.69, 9.17) is 16.7 Å². The fraction of sp³-hybridized carbons (Fsp3) is 1.00. The fourth-order valence-electron chi connectivity index (χ4n) is 0.694. The Balaban J connectivity index is 3.22. The lowest BCUT2D eigenvalue weighted by Crippen LogP contribution is -2.10. The predicted octanol–water partition coefficient (Wildman–Crippen LogP) is 2.02. The summed E-state index contributed by atoms with van der Waals surface area (Å²) >= 11 is 5.54. The minimum absolute atomic E-state index is 0.154. The second-order valence-corrected chi connectivity index (χ2v) is 2.87. The van der Waals surface area contributed by atoms with Crippen LogP contribution in [0.1, 0.15) is 26.7 Å². The van der Waals surface area contributed by atoms with Crippen LogP contribution in [0.25, 0.3) is 0 Å². The van der Waals surface area contributed by atoms with Crippen LogP contribution >= 0.6 is 11.6 Å². The first-order valence-electron chi connectivity index (χ1n) is 3.44. The second kappa shape index (κ2) is 5.07. The molecule has 1 N–H and O–H groups in total. The first-order chi connectivity index (χ1) is 4.20. The van der Waals surface area contributed by atoms with Gasteiger partial charge in [-0.25, -0.2) is 0 Å². The molecule has 0 saturated heterocycles. The third-order valence-corrected chi connectivity index (χ3v) is 1.94. The van der Waals surface area contributed by atoms with Gasteiger partial charge in [0, 0.05) is 5.88 Å². The molecular weight excluding hydrogens is 136 g/mol. The summed E-state index contributed by atoms with van der Waals surface area (Å²) in [6.07, 6.45) is 1.51. The van der Waals surface area contributed by atoms with Crippen LogP contribution in [-0.2, 0) is 0 Å². The van der Waals surface area contributed by atoms with E-state index in [9.17, 15) is 0 Å². The smallest absolute Gasteiger partial charge is 0.0540 e. The molecule has 2 unspecified atom stereocenters. The van der Waals surface area contributed by atoms with Gasteiger partial charge in [-0.1, -0.05) is 13.8 Å². The van der Waals surface area contributed by atoms with Crippen molar-refractivity contribution in [2.75, 3.05) is 5.88 Å². The Morgan fingerprint density at radius 3 is 2.44 bits per heavy atom. The quantitative estimate of drug-likeness (QED) is 0.608. The highest BCUT2D eigenvalue weighted by Crippen LogP contribution is 2.09. The van der Waals surface area contributed by atoms with Gasteiger partial charge in [-0.05, 0) is 18.8 Å². The maximum Gasteiger partial charge on any atom is 0.0540 e. The first kappa shape index (κ1) is 9.25. The summed E-state index contributed by atoms with van der Waals surface area (Å²) in [4.78, 5) is 0. The third kappa shape index (κ3) is 4.73. The Hall–Kier alpha value is 0.250. The summed E-state index contributed by atoms with van der Waals surface area (Å²) in [5, 5.41) is 9.10. The highest BCUT2D eigenvalue weighted by Gasteiger charge is 2.05. The Morgan fingerprint density at radius 1 is 1.56 bits per heavy atom. The number of rotatable bonds is 4. The summed E-state index contributed by atoms with van der Waals surface area (Å²) in [5.41, 5.74) is 0. The SMILES string of the molecule is CCC(O)CC(C)CCl.